The topological polar surface area (TPSA) is 93.9 Å². The molecule has 0 saturated heterocycles. The van der Waals surface area contributed by atoms with Crippen LogP contribution in [0.2, 0.25) is 5.02 Å². The average molecular weight is 406 g/mol. The van der Waals surface area contributed by atoms with Crippen molar-refractivity contribution < 1.29 is 0 Å². The van der Waals surface area contributed by atoms with E-state index in [0.29, 0.717) is 16.3 Å². The Labute approximate surface area is 173 Å². The molecule has 0 radical (unpaired) electrons. The molecule has 0 saturated carbocycles. The first-order chi connectivity index (χ1) is 13.8. The molecule has 3 rings (SSSR count). The van der Waals surface area contributed by atoms with E-state index < -0.39 is 5.56 Å². The maximum Gasteiger partial charge on any atom is 0.270 e. The number of aromatic nitrogens is 2. The number of rotatable bonds is 4. The molecule has 1 aromatic heterocycles. The zero-order valence-corrected chi connectivity index (χ0v) is 17.1. The summed E-state index contributed by atoms with van der Waals surface area (Å²) in [7, 11) is 0. The molecule has 0 fully saturated rings. The second kappa shape index (κ2) is 8.29. The van der Waals surface area contributed by atoms with E-state index in [1.165, 1.54) is 0 Å². The number of nitriles is 1. The second-order valence-corrected chi connectivity index (χ2v) is 7.88. The lowest BCUT2D eigenvalue weighted by Crippen LogP contribution is -2.16. The van der Waals surface area contributed by atoms with Crippen molar-refractivity contribution in [1.82, 2.24) is 9.97 Å². The summed E-state index contributed by atoms with van der Waals surface area (Å²) in [5, 5.41) is 14.0. The minimum atomic E-state index is -0.535. The molecular formula is C22H20ClN5O. The van der Waals surface area contributed by atoms with Crippen molar-refractivity contribution in [3.05, 3.63) is 80.6 Å². The zero-order valence-electron chi connectivity index (χ0n) is 16.3. The van der Waals surface area contributed by atoms with E-state index in [1.54, 1.807) is 18.3 Å². The highest BCUT2D eigenvalue weighted by atomic mass is 35.5. The molecule has 0 unspecified atom stereocenters. The van der Waals surface area contributed by atoms with Crippen molar-refractivity contribution in [3.63, 3.8) is 0 Å². The van der Waals surface area contributed by atoms with Gasteiger partial charge >= 0.3 is 0 Å². The minimum absolute atomic E-state index is 0.0227. The first-order valence-corrected chi connectivity index (χ1v) is 9.36. The normalized spacial score (nSPS) is 11.4. The number of H-pyrrole nitrogens is 1. The van der Waals surface area contributed by atoms with Crippen LogP contribution in [-0.2, 0) is 5.41 Å². The van der Waals surface area contributed by atoms with E-state index in [1.807, 2.05) is 42.5 Å². The molecule has 2 aromatic carbocycles. The Morgan fingerprint density at radius 1 is 1.21 bits per heavy atom. The van der Waals surface area contributed by atoms with Crippen LogP contribution in [-0.4, -0.2) is 16.2 Å². The fourth-order valence-corrected chi connectivity index (χ4v) is 2.87. The third-order valence-corrected chi connectivity index (χ3v) is 4.66. The van der Waals surface area contributed by atoms with Gasteiger partial charge in [-0.3, -0.25) is 9.78 Å². The van der Waals surface area contributed by atoms with Crippen molar-refractivity contribution >= 4 is 23.8 Å². The zero-order chi connectivity index (χ0) is 21.0. The van der Waals surface area contributed by atoms with Gasteiger partial charge in [0.15, 0.2) is 0 Å². The average Bonchev–Trinajstić information content (AvgIpc) is 2.69. The lowest BCUT2D eigenvalue weighted by atomic mass is 9.86. The number of hydrogen-bond acceptors (Lipinski definition) is 5. The molecule has 3 aromatic rings. The number of nitrogens with zero attached hydrogens (tertiary/aromatic N) is 3. The van der Waals surface area contributed by atoms with Crippen LogP contribution in [0.5, 0.6) is 0 Å². The highest BCUT2D eigenvalue weighted by Gasteiger charge is 2.15. The number of nitrogens with one attached hydrogen (secondary N) is 2. The molecule has 29 heavy (non-hydrogen) atoms. The predicted molar refractivity (Wildman–Crippen MR) is 116 cm³/mol. The van der Waals surface area contributed by atoms with Crippen molar-refractivity contribution in [2.24, 2.45) is 5.10 Å². The summed E-state index contributed by atoms with van der Waals surface area (Å²) in [4.78, 5) is 19.2. The van der Waals surface area contributed by atoms with E-state index in [-0.39, 0.29) is 16.9 Å². The van der Waals surface area contributed by atoms with Crippen LogP contribution >= 0.6 is 11.6 Å². The van der Waals surface area contributed by atoms with Gasteiger partial charge in [0.25, 0.3) is 5.56 Å². The first-order valence-electron chi connectivity index (χ1n) is 8.98. The lowest BCUT2D eigenvalue weighted by molar-refractivity contribution is 0.590. The molecule has 0 atom stereocenters. The first kappa shape index (κ1) is 20.3. The highest BCUT2D eigenvalue weighted by molar-refractivity contribution is 6.33. The number of hydrazone groups is 1. The van der Waals surface area contributed by atoms with Crippen molar-refractivity contribution in [3.8, 4) is 17.3 Å². The highest BCUT2D eigenvalue weighted by Crippen LogP contribution is 2.26. The maximum atomic E-state index is 12.3. The van der Waals surface area contributed by atoms with Gasteiger partial charge in [-0.1, -0.05) is 68.8 Å². The van der Waals surface area contributed by atoms with Crippen LogP contribution in [0, 0.1) is 11.3 Å². The van der Waals surface area contributed by atoms with E-state index in [9.17, 15) is 10.1 Å². The molecule has 1 heterocycles. The fraction of sp³-hybridized carbons (Fsp3) is 0.182. The molecule has 2 N–H and O–H groups in total. The summed E-state index contributed by atoms with van der Waals surface area (Å²) in [5.74, 6) is 0.132. The van der Waals surface area contributed by atoms with Crippen LogP contribution in [0.25, 0.3) is 11.3 Å². The standard InChI is InChI=1S/C22H20ClN5O/c1-22(2,3)16-9-10-18(23)15(11-16)13-25-28-21-26-19(14-7-5-4-6-8-14)17(12-24)20(29)27-21/h4-11,13H,1-3H3,(H2,26,27,28,29). The van der Waals surface area contributed by atoms with Gasteiger partial charge in [-0.05, 0) is 23.1 Å². The maximum absolute atomic E-state index is 12.3. The van der Waals surface area contributed by atoms with Crippen LogP contribution in [0.3, 0.4) is 0 Å². The minimum Gasteiger partial charge on any atom is -0.290 e. The number of aromatic amines is 1. The van der Waals surface area contributed by atoms with Crippen LogP contribution in [0.1, 0.15) is 37.5 Å². The van der Waals surface area contributed by atoms with E-state index >= 15 is 0 Å². The molecule has 6 nitrogen and oxygen atoms in total. The third kappa shape index (κ3) is 4.71. The van der Waals surface area contributed by atoms with E-state index in [2.05, 4.69) is 41.3 Å². The second-order valence-electron chi connectivity index (χ2n) is 7.47. The molecule has 0 amide bonds. The van der Waals surface area contributed by atoms with Gasteiger partial charge in [-0.2, -0.15) is 10.4 Å². The van der Waals surface area contributed by atoms with E-state index in [0.717, 1.165) is 11.1 Å². The number of benzene rings is 2. The lowest BCUT2D eigenvalue weighted by Gasteiger charge is -2.19. The SMILES string of the molecule is CC(C)(C)c1ccc(Cl)c(C=NNc2nc(-c3ccccc3)c(C#N)c(=O)[nH]2)c1. The summed E-state index contributed by atoms with van der Waals surface area (Å²) >= 11 is 6.27. The van der Waals surface area contributed by atoms with Crippen LogP contribution < -0.4 is 11.0 Å². The van der Waals surface area contributed by atoms with Crippen molar-refractivity contribution in [2.75, 3.05) is 5.43 Å². The molecule has 0 spiro atoms. The summed E-state index contributed by atoms with van der Waals surface area (Å²) in [6.45, 7) is 6.35. The Bertz CT molecular complexity index is 1150. The van der Waals surface area contributed by atoms with E-state index in [4.69, 9.17) is 11.6 Å². The van der Waals surface area contributed by atoms with Gasteiger partial charge in [0.2, 0.25) is 5.95 Å². The molecule has 0 aliphatic heterocycles. The largest absolute Gasteiger partial charge is 0.290 e. The Kier molecular flexibility index (Phi) is 5.81. The van der Waals surface area contributed by atoms with Gasteiger partial charge in [-0.25, -0.2) is 10.4 Å². The Hall–Kier alpha value is -3.43. The summed E-state index contributed by atoms with van der Waals surface area (Å²) in [6, 6.07) is 16.7. The molecule has 0 bridgehead atoms. The monoisotopic (exact) mass is 405 g/mol. The molecule has 7 heteroatoms. The Balaban J connectivity index is 1.92. The summed E-state index contributed by atoms with van der Waals surface area (Å²) in [5.41, 5.74) is 4.94. The van der Waals surface area contributed by atoms with Gasteiger partial charge < -0.3 is 0 Å². The quantitative estimate of drug-likeness (QED) is 0.485. The number of anilines is 1. The van der Waals surface area contributed by atoms with Crippen LogP contribution in [0.4, 0.5) is 5.95 Å². The Morgan fingerprint density at radius 3 is 2.59 bits per heavy atom. The predicted octanol–water partition coefficient (Wildman–Crippen LogP) is 4.71. The van der Waals surface area contributed by atoms with Crippen molar-refractivity contribution in [1.29, 1.82) is 5.26 Å². The third-order valence-electron chi connectivity index (χ3n) is 4.31. The number of halogens is 1. The molecule has 146 valence electrons. The summed E-state index contributed by atoms with van der Waals surface area (Å²) in [6.07, 6.45) is 1.57. The molecule has 0 aliphatic carbocycles. The smallest absolute Gasteiger partial charge is 0.270 e. The van der Waals surface area contributed by atoms with Crippen molar-refractivity contribution in [2.45, 2.75) is 26.2 Å². The summed E-state index contributed by atoms with van der Waals surface area (Å²) < 4.78 is 0. The fourth-order valence-electron chi connectivity index (χ4n) is 2.71. The van der Waals surface area contributed by atoms with Gasteiger partial charge in [0.1, 0.15) is 11.6 Å². The van der Waals surface area contributed by atoms with Gasteiger partial charge in [0, 0.05) is 16.1 Å². The number of hydrogen-bond donors (Lipinski definition) is 2. The molecule has 0 aliphatic rings. The van der Waals surface area contributed by atoms with Gasteiger partial charge in [-0.15, -0.1) is 0 Å². The van der Waals surface area contributed by atoms with Gasteiger partial charge in [0.05, 0.1) is 11.9 Å². The molecular weight excluding hydrogens is 386 g/mol. The Morgan fingerprint density at radius 2 is 1.93 bits per heavy atom. The van der Waals surface area contributed by atoms with Crippen LogP contribution in [0.15, 0.2) is 58.4 Å².